The quantitative estimate of drug-likeness (QED) is 0.897. The molecule has 5 nitrogen and oxygen atoms in total. The first-order chi connectivity index (χ1) is 10.5. The highest BCUT2D eigenvalue weighted by Gasteiger charge is 2.29. The van der Waals surface area contributed by atoms with Gasteiger partial charge in [0.15, 0.2) is 5.84 Å². The highest BCUT2D eigenvalue weighted by molar-refractivity contribution is 6.03. The highest BCUT2D eigenvalue weighted by atomic mass is 16.4. The molecule has 1 unspecified atom stereocenters. The summed E-state index contributed by atoms with van der Waals surface area (Å²) in [5, 5.41) is 19.3. The number of amidine groups is 1. The molecule has 2 N–H and O–H groups in total. The fourth-order valence-corrected chi connectivity index (χ4v) is 3.23. The Morgan fingerprint density at radius 3 is 2.68 bits per heavy atom. The number of rotatable bonds is 4. The fourth-order valence-electron chi connectivity index (χ4n) is 3.23. The van der Waals surface area contributed by atoms with Gasteiger partial charge in [0.1, 0.15) is 6.17 Å². The number of benzene rings is 1. The number of hydrazone groups is 1. The van der Waals surface area contributed by atoms with Gasteiger partial charge in [0, 0.05) is 12.6 Å². The summed E-state index contributed by atoms with van der Waals surface area (Å²) < 4.78 is 0. The molecule has 1 aliphatic heterocycles. The Balaban J connectivity index is 2.06. The Hall–Kier alpha value is -2.04. The van der Waals surface area contributed by atoms with Crippen LogP contribution < -0.4 is 5.32 Å². The van der Waals surface area contributed by atoms with Crippen LogP contribution in [-0.2, 0) is 0 Å². The number of aryl methyl sites for hydroxylation is 1. The maximum absolute atomic E-state index is 11.5. The van der Waals surface area contributed by atoms with Crippen LogP contribution >= 0.6 is 0 Å². The van der Waals surface area contributed by atoms with Gasteiger partial charge in [-0.25, -0.2) is 4.79 Å². The molecule has 22 heavy (non-hydrogen) atoms. The van der Waals surface area contributed by atoms with Gasteiger partial charge in [-0.2, -0.15) is 5.10 Å². The fraction of sp³-hybridized carbons (Fsp3) is 0.529. The topological polar surface area (TPSA) is 64.9 Å². The normalized spacial score (nSPS) is 21.3. The molecular formula is C17H23N3O2. The van der Waals surface area contributed by atoms with Crippen LogP contribution in [0.2, 0.25) is 0 Å². The van der Waals surface area contributed by atoms with Crippen LogP contribution in [0.5, 0.6) is 0 Å². The minimum absolute atomic E-state index is 0.179. The van der Waals surface area contributed by atoms with Crippen molar-refractivity contribution in [3.05, 3.63) is 34.4 Å². The number of carboxylic acids is 1. The van der Waals surface area contributed by atoms with Crippen molar-refractivity contribution in [2.24, 2.45) is 5.10 Å². The van der Waals surface area contributed by atoms with E-state index in [0.29, 0.717) is 11.5 Å². The van der Waals surface area contributed by atoms with E-state index in [1.54, 1.807) is 6.07 Å². The molecule has 0 bridgehead atoms. The number of carbonyl (C=O) groups is 1. The molecule has 1 fully saturated rings. The zero-order valence-corrected chi connectivity index (χ0v) is 13.4. The van der Waals surface area contributed by atoms with E-state index in [1.165, 1.54) is 24.8 Å². The van der Waals surface area contributed by atoms with Gasteiger partial charge < -0.3 is 10.4 Å². The molecule has 118 valence electrons. The Kier molecular flexibility index (Phi) is 3.81. The van der Waals surface area contributed by atoms with Crippen molar-refractivity contribution in [3.8, 4) is 0 Å². The molecule has 0 aromatic heterocycles. The molecule has 0 spiro atoms. The molecule has 1 atom stereocenters. The summed E-state index contributed by atoms with van der Waals surface area (Å²) in [7, 11) is 1.95. The predicted octanol–water partition coefficient (Wildman–Crippen LogP) is 2.89. The summed E-state index contributed by atoms with van der Waals surface area (Å²) in [4.78, 5) is 11.5. The smallest absolute Gasteiger partial charge is 0.335 e. The van der Waals surface area contributed by atoms with Crippen molar-refractivity contribution >= 4 is 11.8 Å². The Morgan fingerprint density at radius 1 is 1.45 bits per heavy atom. The van der Waals surface area contributed by atoms with Crippen molar-refractivity contribution in [3.63, 3.8) is 0 Å². The van der Waals surface area contributed by atoms with E-state index in [1.807, 2.05) is 25.0 Å². The van der Waals surface area contributed by atoms with Crippen molar-refractivity contribution in [2.45, 2.75) is 51.6 Å². The molecule has 0 radical (unpaired) electrons. The van der Waals surface area contributed by atoms with E-state index in [2.05, 4.69) is 17.3 Å². The summed E-state index contributed by atoms with van der Waals surface area (Å²) in [6, 6.07) is 3.84. The zero-order valence-electron chi connectivity index (χ0n) is 13.4. The first kappa shape index (κ1) is 14.9. The van der Waals surface area contributed by atoms with E-state index < -0.39 is 5.97 Å². The minimum atomic E-state index is -0.877. The second-order valence-corrected chi connectivity index (χ2v) is 6.28. The molecule has 0 saturated heterocycles. The third-order valence-electron chi connectivity index (χ3n) is 4.83. The first-order valence-corrected chi connectivity index (χ1v) is 7.97. The number of nitrogens with zero attached hydrogens (tertiary/aromatic N) is 2. The van der Waals surface area contributed by atoms with Crippen LogP contribution in [0.1, 0.15) is 65.6 Å². The zero-order chi connectivity index (χ0) is 15.9. The minimum Gasteiger partial charge on any atom is -0.478 e. The standard InChI is InChI=1S/C17H23N3O2/c1-4-15-18-16(19-20(15)3)14-9-12(17(21)22)10(2)8-13(14)11-6-5-7-11/h8-9,11,15H,4-7H2,1-3H3,(H,18,19)(H,21,22). The van der Waals surface area contributed by atoms with Gasteiger partial charge in [0.25, 0.3) is 0 Å². The van der Waals surface area contributed by atoms with Crippen molar-refractivity contribution in [1.82, 2.24) is 10.3 Å². The lowest BCUT2D eigenvalue weighted by Gasteiger charge is -2.28. The van der Waals surface area contributed by atoms with Crippen LogP contribution in [0.25, 0.3) is 0 Å². The molecule has 1 saturated carbocycles. The lowest BCUT2D eigenvalue weighted by molar-refractivity contribution is 0.0696. The van der Waals surface area contributed by atoms with Gasteiger partial charge in [0.05, 0.1) is 5.56 Å². The molecule has 1 aromatic carbocycles. The van der Waals surface area contributed by atoms with Gasteiger partial charge >= 0.3 is 5.97 Å². The lowest BCUT2D eigenvalue weighted by Crippen LogP contribution is -2.36. The maximum atomic E-state index is 11.5. The summed E-state index contributed by atoms with van der Waals surface area (Å²) in [6.07, 6.45) is 4.73. The van der Waals surface area contributed by atoms with E-state index in [9.17, 15) is 9.90 Å². The molecule has 2 aliphatic rings. The third kappa shape index (κ3) is 2.45. The first-order valence-electron chi connectivity index (χ1n) is 7.97. The van der Waals surface area contributed by atoms with Gasteiger partial charge in [-0.05, 0) is 49.3 Å². The van der Waals surface area contributed by atoms with Crippen LogP contribution in [0.3, 0.4) is 0 Å². The lowest BCUT2D eigenvalue weighted by atomic mass is 9.77. The van der Waals surface area contributed by atoms with Crippen molar-refractivity contribution in [2.75, 3.05) is 7.05 Å². The monoisotopic (exact) mass is 301 g/mol. The predicted molar refractivity (Wildman–Crippen MR) is 86.2 cm³/mol. The summed E-state index contributed by atoms with van der Waals surface area (Å²) in [6.45, 7) is 3.98. The largest absolute Gasteiger partial charge is 0.478 e. The Labute approximate surface area is 131 Å². The summed E-state index contributed by atoms with van der Waals surface area (Å²) >= 11 is 0. The van der Waals surface area contributed by atoms with Crippen molar-refractivity contribution < 1.29 is 9.90 Å². The number of hydrogen-bond acceptors (Lipinski definition) is 4. The van der Waals surface area contributed by atoms with Gasteiger partial charge in [-0.3, -0.25) is 5.01 Å². The highest BCUT2D eigenvalue weighted by Crippen LogP contribution is 2.39. The Morgan fingerprint density at radius 2 is 2.18 bits per heavy atom. The molecule has 3 rings (SSSR count). The number of hydrogen-bond donors (Lipinski definition) is 2. The van der Waals surface area contributed by atoms with Gasteiger partial charge in [-0.1, -0.05) is 19.4 Å². The van der Waals surface area contributed by atoms with E-state index >= 15 is 0 Å². The molecular weight excluding hydrogens is 278 g/mol. The number of nitrogens with one attached hydrogen (secondary N) is 1. The molecule has 0 amide bonds. The number of carboxylic acid groups (broad SMARTS) is 1. The van der Waals surface area contributed by atoms with E-state index in [4.69, 9.17) is 0 Å². The summed E-state index contributed by atoms with van der Waals surface area (Å²) in [5.41, 5.74) is 3.39. The SMILES string of the molecule is CCC1NC(c2cc(C(=O)O)c(C)cc2C2CCC2)=NN1C. The summed E-state index contributed by atoms with van der Waals surface area (Å²) in [5.74, 6) is 0.462. The Bertz CT molecular complexity index is 635. The molecule has 1 aliphatic carbocycles. The van der Waals surface area contributed by atoms with E-state index in [0.717, 1.165) is 23.4 Å². The third-order valence-corrected chi connectivity index (χ3v) is 4.83. The average Bonchev–Trinajstić information content (AvgIpc) is 2.77. The molecule has 1 aromatic rings. The van der Waals surface area contributed by atoms with Gasteiger partial charge in [-0.15, -0.1) is 0 Å². The average molecular weight is 301 g/mol. The van der Waals surface area contributed by atoms with Crippen LogP contribution in [0.15, 0.2) is 17.2 Å². The molecule has 1 heterocycles. The van der Waals surface area contributed by atoms with E-state index in [-0.39, 0.29) is 6.17 Å². The number of aromatic carboxylic acids is 1. The molecule has 5 heteroatoms. The second-order valence-electron chi connectivity index (χ2n) is 6.28. The van der Waals surface area contributed by atoms with Crippen molar-refractivity contribution in [1.29, 1.82) is 0 Å². The second kappa shape index (κ2) is 5.63. The van der Waals surface area contributed by atoms with Crippen LogP contribution in [-0.4, -0.2) is 35.1 Å². The van der Waals surface area contributed by atoms with Crippen LogP contribution in [0.4, 0.5) is 0 Å². The van der Waals surface area contributed by atoms with Crippen LogP contribution in [0, 0.1) is 6.92 Å². The maximum Gasteiger partial charge on any atom is 0.335 e. The van der Waals surface area contributed by atoms with Gasteiger partial charge in [0.2, 0.25) is 0 Å².